The predicted octanol–water partition coefficient (Wildman–Crippen LogP) is 0.889. The number of imidazole rings is 2. The summed E-state index contributed by atoms with van der Waals surface area (Å²) >= 11 is 0. The summed E-state index contributed by atoms with van der Waals surface area (Å²) < 4.78 is 4.24. The Morgan fingerprint density at radius 2 is 2.19 bits per heavy atom. The van der Waals surface area contributed by atoms with Crippen molar-refractivity contribution in [1.29, 1.82) is 0 Å². The van der Waals surface area contributed by atoms with Crippen LogP contribution >= 0.6 is 0 Å². The molecule has 2 aromatic rings. The van der Waals surface area contributed by atoms with Crippen LogP contribution in [0.3, 0.4) is 0 Å². The average Bonchev–Trinajstić information content (AvgIpc) is 2.94. The number of hydrogen-bond donors (Lipinski definition) is 1. The average molecular weight is 219 g/mol. The van der Waals surface area contributed by atoms with Crippen LogP contribution in [0.15, 0.2) is 31.1 Å². The van der Waals surface area contributed by atoms with E-state index in [-0.39, 0.29) is 0 Å². The fraction of sp³-hybridized carbons (Fsp3) is 0.455. The topological polar surface area (TPSA) is 47.7 Å². The molecule has 0 saturated heterocycles. The van der Waals surface area contributed by atoms with Crippen molar-refractivity contribution in [3.63, 3.8) is 0 Å². The van der Waals surface area contributed by atoms with Crippen molar-refractivity contribution < 1.29 is 0 Å². The molecule has 5 nitrogen and oxygen atoms in total. The van der Waals surface area contributed by atoms with E-state index in [1.807, 2.05) is 24.9 Å². The van der Waals surface area contributed by atoms with Crippen LogP contribution in [0.4, 0.5) is 0 Å². The Bertz CT molecular complexity index is 404. The molecule has 0 radical (unpaired) electrons. The van der Waals surface area contributed by atoms with Crippen LogP contribution in [0.5, 0.6) is 0 Å². The first-order valence-corrected chi connectivity index (χ1v) is 5.56. The first-order chi connectivity index (χ1) is 7.90. The summed E-state index contributed by atoms with van der Waals surface area (Å²) in [5.41, 5.74) is 0. The lowest BCUT2D eigenvalue weighted by atomic mass is 10.5. The second-order valence-corrected chi connectivity index (χ2v) is 3.62. The molecular formula is C11H17N5. The summed E-state index contributed by atoms with van der Waals surface area (Å²) in [5, 5.41) is 3.28. The van der Waals surface area contributed by atoms with Crippen LogP contribution in [0.1, 0.15) is 12.7 Å². The summed E-state index contributed by atoms with van der Waals surface area (Å²) in [5.74, 6) is 1.09. The summed E-state index contributed by atoms with van der Waals surface area (Å²) in [7, 11) is 0. The Kier molecular flexibility index (Phi) is 3.71. The molecule has 86 valence electrons. The lowest BCUT2D eigenvalue weighted by Gasteiger charge is -2.08. The molecule has 1 N–H and O–H groups in total. The largest absolute Gasteiger partial charge is 0.336 e. The Balaban J connectivity index is 1.91. The van der Waals surface area contributed by atoms with E-state index in [1.165, 1.54) is 0 Å². The van der Waals surface area contributed by atoms with Gasteiger partial charge in [0, 0.05) is 37.9 Å². The van der Waals surface area contributed by atoms with Gasteiger partial charge in [0.15, 0.2) is 0 Å². The zero-order valence-electron chi connectivity index (χ0n) is 9.50. The molecule has 0 aromatic carbocycles. The van der Waals surface area contributed by atoms with Gasteiger partial charge in [0.1, 0.15) is 5.82 Å². The highest BCUT2D eigenvalue weighted by molar-refractivity contribution is 4.92. The summed E-state index contributed by atoms with van der Waals surface area (Å²) in [4.78, 5) is 8.35. The fourth-order valence-corrected chi connectivity index (χ4v) is 1.59. The third-order valence-electron chi connectivity index (χ3n) is 2.49. The monoisotopic (exact) mass is 219 g/mol. The van der Waals surface area contributed by atoms with E-state index in [0.29, 0.717) is 0 Å². The maximum atomic E-state index is 4.33. The molecule has 16 heavy (non-hydrogen) atoms. The number of hydrogen-bond acceptors (Lipinski definition) is 3. The number of nitrogens with zero attached hydrogens (tertiary/aromatic N) is 4. The number of nitrogens with one attached hydrogen (secondary N) is 1. The van der Waals surface area contributed by atoms with Gasteiger partial charge >= 0.3 is 0 Å². The minimum absolute atomic E-state index is 0.827. The molecule has 5 heteroatoms. The molecule has 0 fully saturated rings. The highest BCUT2D eigenvalue weighted by Crippen LogP contribution is 1.99. The summed E-state index contributed by atoms with van der Waals surface area (Å²) in [6, 6.07) is 0. The zero-order valence-corrected chi connectivity index (χ0v) is 9.50. The molecule has 0 bridgehead atoms. The van der Waals surface area contributed by atoms with Gasteiger partial charge in [-0.3, -0.25) is 0 Å². The molecule has 2 heterocycles. The molecule has 0 amide bonds. The van der Waals surface area contributed by atoms with E-state index in [2.05, 4.69) is 31.3 Å². The van der Waals surface area contributed by atoms with Gasteiger partial charge < -0.3 is 14.5 Å². The Morgan fingerprint density at radius 1 is 1.25 bits per heavy atom. The summed E-state index contributed by atoms with van der Waals surface area (Å²) in [6.45, 7) is 5.74. The third kappa shape index (κ3) is 2.70. The van der Waals surface area contributed by atoms with Crippen LogP contribution in [0, 0.1) is 0 Å². The SMILES string of the molecule is CCNCc1nccn1CCn1ccnc1. The van der Waals surface area contributed by atoms with Crippen molar-refractivity contribution in [3.05, 3.63) is 36.9 Å². The third-order valence-corrected chi connectivity index (χ3v) is 2.49. The quantitative estimate of drug-likeness (QED) is 0.785. The summed E-state index contributed by atoms with van der Waals surface area (Å²) in [6.07, 6.45) is 9.47. The van der Waals surface area contributed by atoms with Crippen molar-refractivity contribution in [3.8, 4) is 0 Å². The lowest BCUT2D eigenvalue weighted by Crippen LogP contribution is -2.17. The van der Waals surface area contributed by atoms with E-state index in [9.17, 15) is 0 Å². The first-order valence-electron chi connectivity index (χ1n) is 5.56. The second kappa shape index (κ2) is 5.46. The Morgan fingerprint density at radius 3 is 2.94 bits per heavy atom. The van der Waals surface area contributed by atoms with Gasteiger partial charge in [-0.15, -0.1) is 0 Å². The Labute approximate surface area is 95.1 Å². The van der Waals surface area contributed by atoms with Crippen molar-refractivity contribution in [2.45, 2.75) is 26.6 Å². The normalized spacial score (nSPS) is 10.8. The number of rotatable bonds is 6. The molecular weight excluding hydrogens is 202 g/mol. The molecule has 0 aliphatic heterocycles. The molecule has 0 aliphatic rings. The lowest BCUT2D eigenvalue weighted by molar-refractivity contribution is 0.544. The minimum atomic E-state index is 0.827. The van der Waals surface area contributed by atoms with E-state index in [0.717, 1.165) is 32.0 Å². The molecule has 0 saturated carbocycles. The first kappa shape index (κ1) is 10.9. The van der Waals surface area contributed by atoms with Crippen molar-refractivity contribution in [2.24, 2.45) is 0 Å². The van der Waals surface area contributed by atoms with E-state index >= 15 is 0 Å². The predicted molar refractivity (Wildman–Crippen MR) is 61.8 cm³/mol. The minimum Gasteiger partial charge on any atom is -0.336 e. The second-order valence-electron chi connectivity index (χ2n) is 3.62. The molecule has 0 unspecified atom stereocenters. The maximum Gasteiger partial charge on any atom is 0.122 e. The van der Waals surface area contributed by atoms with Gasteiger partial charge in [-0.2, -0.15) is 0 Å². The number of aromatic nitrogens is 4. The van der Waals surface area contributed by atoms with Crippen molar-refractivity contribution in [1.82, 2.24) is 24.4 Å². The van der Waals surface area contributed by atoms with Crippen LogP contribution in [0.2, 0.25) is 0 Å². The smallest absolute Gasteiger partial charge is 0.122 e. The molecule has 0 spiro atoms. The van der Waals surface area contributed by atoms with Crippen LogP contribution in [0.25, 0.3) is 0 Å². The van der Waals surface area contributed by atoms with Crippen molar-refractivity contribution >= 4 is 0 Å². The van der Waals surface area contributed by atoms with Gasteiger partial charge in [-0.05, 0) is 6.54 Å². The van der Waals surface area contributed by atoms with Crippen LogP contribution < -0.4 is 5.32 Å². The van der Waals surface area contributed by atoms with E-state index in [4.69, 9.17) is 0 Å². The fourth-order valence-electron chi connectivity index (χ4n) is 1.59. The van der Waals surface area contributed by atoms with Gasteiger partial charge in [0.25, 0.3) is 0 Å². The van der Waals surface area contributed by atoms with Gasteiger partial charge in [0.05, 0.1) is 12.9 Å². The Hall–Kier alpha value is -1.62. The molecule has 2 aromatic heterocycles. The number of aryl methyl sites for hydroxylation is 2. The maximum absolute atomic E-state index is 4.33. The van der Waals surface area contributed by atoms with E-state index in [1.54, 1.807) is 6.20 Å². The highest BCUT2D eigenvalue weighted by Gasteiger charge is 2.01. The van der Waals surface area contributed by atoms with Gasteiger partial charge in [-0.1, -0.05) is 6.92 Å². The van der Waals surface area contributed by atoms with Gasteiger partial charge in [-0.25, -0.2) is 9.97 Å². The van der Waals surface area contributed by atoms with Crippen LogP contribution in [-0.4, -0.2) is 25.6 Å². The zero-order chi connectivity index (χ0) is 11.2. The van der Waals surface area contributed by atoms with Gasteiger partial charge in [0.2, 0.25) is 0 Å². The van der Waals surface area contributed by atoms with Crippen molar-refractivity contribution in [2.75, 3.05) is 6.54 Å². The highest BCUT2D eigenvalue weighted by atomic mass is 15.1. The van der Waals surface area contributed by atoms with E-state index < -0.39 is 0 Å². The standard InChI is InChI=1S/C11H17N5/c1-2-12-9-11-14-4-6-16(11)8-7-15-5-3-13-10-15/h3-6,10,12H,2,7-9H2,1H3. The molecule has 0 atom stereocenters. The van der Waals surface area contributed by atoms with Crippen LogP contribution in [-0.2, 0) is 19.6 Å². The molecule has 0 aliphatic carbocycles. The molecule has 2 rings (SSSR count).